The van der Waals surface area contributed by atoms with Crippen LogP contribution in [0.1, 0.15) is 0 Å². The van der Waals surface area contributed by atoms with Crippen molar-refractivity contribution in [3.8, 4) is 0 Å². The van der Waals surface area contributed by atoms with Crippen LogP contribution in [0.5, 0.6) is 0 Å². The van der Waals surface area contributed by atoms with Crippen molar-refractivity contribution in [1.82, 2.24) is 9.97 Å². The minimum Gasteiger partial charge on any atom is -0.354 e. The van der Waals surface area contributed by atoms with Crippen molar-refractivity contribution >= 4 is 15.7 Å². The number of anilines is 1. The summed E-state index contributed by atoms with van der Waals surface area (Å²) in [7, 11) is -2.81. The van der Waals surface area contributed by atoms with Crippen LogP contribution >= 0.6 is 0 Å². The van der Waals surface area contributed by atoms with Crippen LogP contribution in [0.2, 0.25) is 0 Å². The molecule has 0 saturated carbocycles. The van der Waals surface area contributed by atoms with Crippen molar-refractivity contribution in [3.63, 3.8) is 0 Å². The van der Waals surface area contributed by atoms with E-state index >= 15 is 0 Å². The van der Waals surface area contributed by atoms with Crippen molar-refractivity contribution in [2.24, 2.45) is 0 Å². The molecule has 1 aliphatic heterocycles. The van der Waals surface area contributed by atoms with Gasteiger partial charge < -0.3 is 4.90 Å². The smallest absolute Gasteiger partial charge is 0.153 e. The van der Waals surface area contributed by atoms with Gasteiger partial charge in [0.25, 0.3) is 0 Å². The van der Waals surface area contributed by atoms with Gasteiger partial charge in [-0.1, -0.05) is 0 Å². The molecule has 0 aliphatic carbocycles. The highest BCUT2D eigenvalue weighted by Gasteiger charge is 2.21. The molecular weight excluding hydrogens is 202 g/mol. The van der Waals surface area contributed by atoms with Crippen molar-refractivity contribution < 1.29 is 8.42 Å². The minimum absolute atomic E-state index is 0.219. The van der Waals surface area contributed by atoms with Gasteiger partial charge in [-0.25, -0.2) is 18.4 Å². The van der Waals surface area contributed by atoms with Crippen molar-refractivity contribution in [2.45, 2.75) is 0 Å². The molecule has 0 bridgehead atoms. The molecular formula is C8H11N3O2S. The number of rotatable bonds is 1. The van der Waals surface area contributed by atoms with E-state index in [1.54, 1.807) is 12.3 Å². The molecule has 1 fully saturated rings. The topological polar surface area (TPSA) is 63.2 Å². The zero-order chi connectivity index (χ0) is 10.0. The highest BCUT2D eigenvalue weighted by molar-refractivity contribution is 7.91. The Labute approximate surface area is 82.7 Å². The largest absolute Gasteiger partial charge is 0.354 e. The summed E-state index contributed by atoms with van der Waals surface area (Å²) in [6.07, 6.45) is 3.13. The molecule has 1 saturated heterocycles. The van der Waals surface area contributed by atoms with Crippen LogP contribution in [-0.2, 0) is 9.84 Å². The normalized spacial score (nSPS) is 20.7. The van der Waals surface area contributed by atoms with Crippen molar-refractivity contribution in [2.75, 3.05) is 29.5 Å². The third-order valence-electron chi connectivity index (χ3n) is 2.23. The summed E-state index contributed by atoms with van der Waals surface area (Å²) in [5.74, 6) is 1.24. The van der Waals surface area contributed by atoms with E-state index in [2.05, 4.69) is 9.97 Å². The lowest BCUT2D eigenvalue weighted by atomic mass is 10.4. The van der Waals surface area contributed by atoms with E-state index in [1.165, 1.54) is 6.33 Å². The second kappa shape index (κ2) is 3.53. The molecule has 0 spiro atoms. The first kappa shape index (κ1) is 9.39. The van der Waals surface area contributed by atoms with Crippen molar-refractivity contribution in [3.05, 3.63) is 18.6 Å². The maximum Gasteiger partial charge on any atom is 0.153 e. The first-order valence-electron chi connectivity index (χ1n) is 4.39. The fourth-order valence-electron chi connectivity index (χ4n) is 1.41. The first-order valence-corrected chi connectivity index (χ1v) is 6.21. The van der Waals surface area contributed by atoms with Crippen LogP contribution in [-0.4, -0.2) is 43.0 Å². The Morgan fingerprint density at radius 2 is 2.00 bits per heavy atom. The highest BCUT2D eigenvalue weighted by atomic mass is 32.2. The molecule has 1 aromatic heterocycles. The van der Waals surface area contributed by atoms with E-state index in [0.717, 1.165) is 5.82 Å². The van der Waals surface area contributed by atoms with E-state index in [4.69, 9.17) is 0 Å². The van der Waals surface area contributed by atoms with Gasteiger partial charge in [0.1, 0.15) is 12.1 Å². The first-order chi connectivity index (χ1) is 6.67. The Hall–Kier alpha value is -1.17. The number of nitrogens with zero attached hydrogens (tertiary/aromatic N) is 3. The van der Waals surface area contributed by atoms with Gasteiger partial charge in [0, 0.05) is 19.3 Å². The molecule has 5 nitrogen and oxygen atoms in total. The van der Waals surface area contributed by atoms with Crippen LogP contribution in [0.4, 0.5) is 5.82 Å². The van der Waals surface area contributed by atoms with E-state index in [1.807, 2.05) is 4.90 Å². The van der Waals surface area contributed by atoms with Crippen LogP contribution < -0.4 is 4.90 Å². The van der Waals surface area contributed by atoms with Gasteiger partial charge in [0.2, 0.25) is 0 Å². The summed E-state index contributed by atoms with van der Waals surface area (Å²) in [5.41, 5.74) is 0. The van der Waals surface area contributed by atoms with E-state index < -0.39 is 9.84 Å². The number of hydrogen-bond donors (Lipinski definition) is 0. The van der Waals surface area contributed by atoms with Gasteiger partial charge in [-0.15, -0.1) is 0 Å². The van der Waals surface area contributed by atoms with Crippen LogP contribution in [0, 0.1) is 0 Å². The van der Waals surface area contributed by atoms with E-state index in [-0.39, 0.29) is 11.5 Å². The van der Waals surface area contributed by atoms with Gasteiger partial charge in [-0.2, -0.15) is 0 Å². The molecule has 2 heterocycles. The molecule has 6 heteroatoms. The average Bonchev–Trinajstić information content (AvgIpc) is 2.19. The molecule has 0 amide bonds. The van der Waals surface area contributed by atoms with Crippen LogP contribution in [0.15, 0.2) is 18.6 Å². The average molecular weight is 213 g/mol. The summed E-state index contributed by atoms with van der Waals surface area (Å²) in [4.78, 5) is 9.84. The van der Waals surface area contributed by atoms with Crippen LogP contribution in [0.25, 0.3) is 0 Å². The number of aromatic nitrogens is 2. The molecule has 1 aliphatic rings. The molecule has 76 valence electrons. The summed E-state index contributed by atoms with van der Waals surface area (Å²) in [6.45, 7) is 1.05. The van der Waals surface area contributed by atoms with Gasteiger partial charge in [-0.3, -0.25) is 0 Å². The molecule has 2 rings (SSSR count). The van der Waals surface area contributed by atoms with Gasteiger partial charge in [-0.05, 0) is 6.07 Å². The molecule has 0 N–H and O–H groups in total. The third kappa shape index (κ3) is 2.01. The summed E-state index contributed by atoms with van der Waals surface area (Å²) >= 11 is 0. The molecule has 0 atom stereocenters. The fraction of sp³-hybridized carbons (Fsp3) is 0.500. The zero-order valence-corrected chi connectivity index (χ0v) is 8.44. The maximum absolute atomic E-state index is 11.2. The van der Waals surface area contributed by atoms with E-state index in [0.29, 0.717) is 13.1 Å². The van der Waals surface area contributed by atoms with Gasteiger partial charge in [0.15, 0.2) is 9.84 Å². The molecule has 1 aromatic rings. The lowest BCUT2D eigenvalue weighted by molar-refractivity contribution is 0.586. The van der Waals surface area contributed by atoms with Crippen LogP contribution in [0.3, 0.4) is 0 Å². The summed E-state index contributed by atoms with van der Waals surface area (Å²) in [6, 6.07) is 1.79. The molecule has 0 unspecified atom stereocenters. The predicted molar refractivity (Wildman–Crippen MR) is 52.9 cm³/mol. The quantitative estimate of drug-likeness (QED) is 0.641. The molecule has 14 heavy (non-hydrogen) atoms. The Kier molecular flexibility index (Phi) is 2.37. The number of hydrogen-bond acceptors (Lipinski definition) is 5. The Morgan fingerprint density at radius 3 is 2.57 bits per heavy atom. The van der Waals surface area contributed by atoms with Gasteiger partial charge >= 0.3 is 0 Å². The Morgan fingerprint density at radius 1 is 1.29 bits per heavy atom. The van der Waals surface area contributed by atoms with E-state index in [9.17, 15) is 8.42 Å². The maximum atomic E-state index is 11.2. The van der Waals surface area contributed by atoms with Gasteiger partial charge in [0.05, 0.1) is 11.5 Å². The third-order valence-corrected chi connectivity index (χ3v) is 3.84. The second-order valence-corrected chi connectivity index (χ2v) is 5.51. The van der Waals surface area contributed by atoms with Crippen molar-refractivity contribution in [1.29, 1.82) is 0 Å². The summed E-state index contributed by atoms with van der Waals surface area (Å²) in [5, 5.41) is 0. The predicted octanol–water partition coefficient (Wildman–Crippen LogP) is -0.289. The number of sulfone groups is 1. The lowest BCUT2D eigenvalue weighted by Crippen LogP contribution is -2.40. The molecule has 0 radical (unpaired) electrons. The molecule has 0 aromatic carbocycles. The second-order valence-electron chi connectivity index (χ2n) is 3.21. The standard InChI is InChI=1S/C8H11N3O2S/c12-14(13)5-3-11(4-6-14)8-1-2-9-7-10-8/h1-2,7H,3-6H2. The highest BCUT2D eigenvalue weighted by Crippen LogP contribution is 2.12. The zero-order valence-electron chi connectivity index (χ0n) is 7.63. The SMILES string of the molecule is O=S1(=O)CCN(c2ccncn2)CC1. The Balaban J connectivity index is 2.10. The summed E-state index contributed by atoms with van der Waals surface area (Å²) < 4.78 is 22.3. The Bertz CT molecular complexity index is 390. The lowest BCUT2D eigenvalue weighted by Gasteiger charge is -2.27. The fourth-order valence-corrected chi connectivity index (χ4v) is 2.61. The monoisotopic (exact) mass is 213 g/mol. The minimum atomic E-state index is -2.81.